The maximum atomic E-state index is 13.2. The number of ether oxygens (including phenoxy) is 2. The van der Waals surface area contributed by atoms with Crippen molar-refractivity contribution < 1.29 is 26.7 Å². The van der Waals surface area contributed by atoms with Gasteiger partial charge in [-0.25, -0.2) is 17.2 Å². The van der Waals surface area contributed by atoms with Crippen molar-refractivity contribution in [2.75, 3.05) is 32.0 Å². The topological polar surface area (TPSA) is 114 Å². The Labute approximate surface area is 180 Å². The fourth-order valence-electron chi connectivity index (χ4n) is 5.37. The van der Waals surface area contributed by atoms with Gasteiger partial charge in [0.05, 0.1) is 25.0 Å². The van der Waals surface area contributed by atoms with Gasteiger partial charge in [-0.2, -0.15) is 9.97 Å². The highest BCUT2D eigenvalue weighted by atomic mass is 32.2. The predicted octanol–water partition coefficient (Wildman–Crippen LogP) is 1.16. The molecule has 1 aromatic heterocycles. The van der Waals surface area contributed by atoms with Gasteiger partial charge in [0.1, 0.15) is 0 Å². The summed E-state index contributed by atoms with van der Waals surface area (Å²) in [5.41, 5.74) is -0.00718. The van der Waals surface area contributed by atoms with E-state index in [9.17, 15) is 17.2 Å². The molecule has 5 atom stereocenters. The molecule has 0 radical (unpaired) electrons. The number of halogens is 2. The molecule has 3 N–H and O–H groups in total. The van der Waals surface area contributed by atoms with Gasteiger partial charge in [0.2, 0.25) is 34.2 Å². The van der Waals surface area contributed by atoms with Gasteiger partial charge in [0.15, 0.2) is 0 Å². The molecule has 3 fully saturated rings. The molecule has 1 aliphatic carbocycles. The van der Waals surface area contributed by atoms with E-state index in [0.29, 0.717) is 12.5 Å². The summed E-state index contributed by atoms with van der Waals surface area (Å²) >= 11 is 0. The van der Waals surface area contributed by atoms with Gasteiger partial charge >= 0.3 is 0 Å². The molecular formula is C19H29F2N5O4S. The first-order chi connectivity index (χ1) is 14.8. The van der Waals surface area contributed by atoms with E-state index in [0.717, 1.165) is 25.8 Å². The zero-order chi connectivity index (χ0) is 22.2. The quantitative estimate of drug-likeness (QED) is 0.554. The predicted molar refractivity (Wildman–Crippen MR) is 110 cm³/mol. The molecule has 0 spiro atoms. The molecule has 4 rings (SSSR count). The molecule has 3 aliphatic rings. The van der Waals surface area contributed by atoms with Crippen molar-refractivity contribution >= 4 is 16.0 Å². The second-order valence-corrected chi connectivity index (χ2v) is 10.3. The highest BCUT2D eigenvalue weighted by Gasteiger charge is 2.51. The monoisotopic (exact) mass is 461 g/mol. The summed E-state index contributed by atoms with van der Waals surface area (Å²) in [5.74, 6) is 0.0282. The SMILES string of the molecule is COc1nc(NS(=O)(=O)C2CNC3C2CCC2CCCNC23)nc(OC)c1CC(F)F. The number of nitrogens with one attached hydrogen (secondary N) is 3. The van der Waals surface area contributed by atoms with E-state index in [-0.39, 0.29) is 41.3 Å². The number of piperidine rings is 1. The van der Waals surface area contributed by atoms with Crippen LogP contribution < -0.4 is 24.8 Å². The van der Waals surface area contributed by atoms with Crippen molar-refractivity contribution in [2.24, 2.45) is 11.8 Å². The van der Waals surface area contributed by atoms with Crippen LogP contribution in [-0.2, 0) is 16.4 Å². The van der Waals surface area contributed by atoms with E-state index < -0.39 is 28.1 Å². The Bertz CT molecular complexity index is 878. The smallest absolute Gasteiger partial charge is 0.243 e. The van der Waals surface area contributed by atoms with Gasteiger partial charge < -0.3 is 20.1 Å². The van der Waals surface area contributed by atoms with Crippen LogP contribution in [0.2, 0.25) is 0 Å². The van der Waals surface area contributed by atoms with Gasteiger partial charge in [-0.15, -0.1) is 0 Å². The van der Waals surface area contributed by atoms with Crippen LogP contribution in [0.25, 0.3) is 0 Å². The molecule has 12 heteroatoms. The summed E-state index contributed by atoms with van der Waals surface area (Å²) in [4.78, 5) is 8.02. The summed E-state index contributed by atoms with van der Waals surface area (Å²) in [6, 6.07) is 0.400. The van der Waals surface area contributed by atoms with Gasteiger partial charge in [-0.1, -0.05) is 0 Å². The van der Waals surface area contributed by atoms with Crippen molar-refractivity contribution in [1.29, 1.82) is 0 Å². The Morgan fingerprint density at radius 2 is 1.81 bits per heavy atom. The van der Waals surface area contributed by atoms with E-state index in [1.165, 1.54) is 20.6 Å². The third-order valence-electron chi connectivity index (χ3n) is 6.70. The Morgan fingerprint density at radius 3 is 2.45 bits per heavy atom. The van der Waals surface area contributed by atoms with Crippen LogP contribution in [0.15, 0.2) is 0 Å². The van der Waals surface area contributed by atoms with E-state index in [1.54, 1.807) is 0 Å². The Hall–Kier alpha value is -1.79. The number of aromatic nitrogens is 2. The van der Waals surface area contributed by atoms with Gasteiger partial charge in [-0.3, -0.25) is 4.72 Å². The van der Waals surface area contributed by atoms with Crippen LogP contribution in [0.4, 0.5) is 14.7 Å². The van der Waals surface area contributed by atoms with E-state index in [1.807, 2.05) is 0 Å². The number of nitrogens with zero attached hydrogens (tertiary/aromatic N) is 2. The first-order valence-electron chi connectivity index (χ1n) is 10.6. The third kappa shape index (κ3) is 4.42. The normalized spacial score (nSPS) is 30.5. The highest BCUT2D eigenvalue weighted by molar-refractivity contribution is 7.93. The molecule has 2 aliphatic heterocycles. The van der Waals surface area contributed by atoms with Crippen molar-refractivity contribution in [1.82, 2.24) is 20.6 Å². The van der Waals surface area contributed by atoms with Crippen molar-refractivity contribution in [3.8, 4) is 11.8 Å². The van der Waals surface area contributed by atoms with Crippen molar-refractivity contribution in [2.45, 2.75) is 55.9 Å². The van der Waals surface area contributed by atoms with Crippen LogP contribution in [0.3, 0.4) is 0 Å². The first kappa shape index (κ1) is 22.4. The number of methoxy groups -OCH3 is 2. The number of rotatable bonds is 7. The zero-order valence-electron chi connectivity index (χ0n) is 17.6. The third-order valence-corrected chi connectivity index (χ3v) is 8.48. The lowest BCUT2D eigenvalue weighted by atomic mass is 9.72. The van der Waals surface area contributed by atoms with Gasteiger partial charge in [0, 0.05) is 25.0 Å². The van der Waals surface area contributed by atoms with E-state index >= 15 is 0 Å². The molecule has 5 unspecified atom stereocenters. The van der Waals surface area contributed by atoms with E-state index in [4.69, 9.17) is 9.47 Å². The van der Waals surface area contributed by atoms with Crippen LogP contribution in [0.5, 0.6) is 11.8 Å². The summed E-state index contributed by atoms with van der Waals surface area (Å²) in [6.07, 6.45) is 0.866. The minimum absolute atomic E-state index is 0.00718. The molecule has 31 heavy (non-hydrogen) atoms. The summed E-state index contributed by atoms with van der Waals surface area (Å²) in [5, 5.41) is 6.35. The molecule has 174 valence electrons. The summed E-state index contributed by atoms with van der Waals surface area (Å²) in [7, 11) is -1.28. The molecule has 0 bridgehead atoms. The molecular weight excluding hydrogens is 432 g/mol. The minimum atomic E-state index is -3.83. The molecule has 2 saturated heterocycles. The second kappa shape index (κ2) is 8.99. The lowest BCUT2D eigenvalue weighted by Gasteiger charge is -2.44. The first-order valence-corrected chi connectivity index (χ1v) is 12.1. The molecule has 0 aromatic carbocycles. The van der Waals surface area contributed by atoms with Crippen LogP contribution in [0.1, 0.15) is 31.2 Å². The summed E-state index contributed by atoms with van der Waals surface area (Å²) < 4.78 is 64.9. The molecule has 3 heterocycles. The van der Waals surface area contributed by atoms with Crippen molar-refractivity contribution in [3.05, 3.63) is 5.56 Å². The Kier molecular flexibility index (Phi) is 6.50. The number of anilines is 1. The van der Waals surface area contributed by atoms with Gasteiger partial charge in [-0.05, 0) is 44.1 Å². The average Bonchev–Trinajstić information content (AvgIpc) is 3.19. The van der Waals surface area contributed by atoms with Crippen LogP contribution >= 0.6 is 0 Å². The largest absolute Gasteiger partial charge is 0.481 e. The number of hydrogen-bond acceptors (Lipinski definition) is 8. The Balaban J connectivity index is 1.55. The minimum Gasteiger partial charge on any atom is -0.481 e. The molecule has 1 aromatic rings. The lowest BCUT2D eigenvalue weighted by molar-refractivity contribution is 0.145. The molecule has 0 amide bonds. The maximum absolute atomic E-state index is 13.2. The molecule has 1 saturated carbocycles. The molecule has 9 nitrogen and oxygen atoms in total. The number of fused-ring (bicyclic) bond motifs is 3. The van der Waals surface area contributed by atoms with Crippen molar-refractivity contribution in [3.63, 3.8) is 0 Å². The average molecular weight is 462 g/mol. The lowest BCUT2D eigenvalue weighted by Crippen LogP contribution is -2.57. The second-order valence-electron chi connectivity index (χ2n) is 8.38. The summed E-state index contributed by atoms with van der Waals surface area (Å²) in [6.45, 7) is 1.30. The fraction of sp³-hybridized carbons (Fsp3) is 0.789. The number of alkyl halides is 2. The van der Waals surface area contributed by atoms with Crippen LogP contribution in [-0.4, -0.2) is 69.5 Å². The maximum Gasteiger partial charge on any atom is 0.243 e. The zero-order valence-corrected chi connectivity index (χ0v) is 18.4. The standard InChI is InChI=1S/C19H29F2N5O4S/c1-29-17-12(8-14(20)21)18(30-2)25-19(24-17)26-31(27,28)13-9-23-16-11(13)6-5-10-4-3-7-22-15(10)16/h10-11,13-16,22-23H,3-9H2,1-2H3,(H,24,25,26). The highest BCUT2D eigenvalue weighted by Crippen LogP contribution is 2.40. The van der Waals surface area contributed by atoms with Crippen LogP contribution in [0, 0.1) is 11.8 Å². The fourth-order valence-corrected chi connectivity index (χ4v) is 6.95. The number of sulfonamides is 1. The number of hydrogen-bond donors (Lipinski definition) is 3. The van der Waals surface area contributed by atoms with Gasteiger partial charge in [0.25, 0.3) is 0 Å². The van der Waals surface area contributed by atoms with E-state index in [2.05, 4.69) is 25.3 Å². The Morgan fingerprint density at radius 1 is 1.10 bits per heavy atom.